The van der Waals surface area contributed by atoms with Gasteiger partial charge in [-0.25, -0.2) is 0 Å². The van der Waals surface area contributed by atoms with Gasteiger partial charge in [0, 0.05) is 10.2 Å². The number of hydrogen-bond donors (Lipinski definition) is 0. The van der Waals surface area contributed by atoms with Gasteiger partial charge >= 0.3 is 5.97 Å². The third kappa shape index (κ3) is 4.80. The van der Waals surface area contributed by atoms with Crippen molar-refractivity contribution < 1.29 is 9.53 Å². The normalized spacial score (nSPS) is 11.3. The molecule has 0 aromatic heterocycles. The summed E-state index contributed by atoms with van der Waals surface area (Å²) < 4.78 is 5.61. The molecule has 2 rings (SSSR count). The van der Waals surface area contributed by atoms with Crippen molar-refractivity contribution in [3.63, 3.8) is 0 Å². The number of benzene rings is 2. The molecule has 2 nitrogen and oxygen atoms in total. The van der Waals surface area contributed by atoms with Crippen LogP contribution >= 0.6 is 24.0 Å². The van der Waals surface area contributed by atoms with Crippen molar-refractivity contribution in [2.24, 2.45) is 0 Å². The molecule has 0 fully saturated rings. The van der Waals surface area contributed by atoms with Crippen molar-refractivity contribution in [3.05, 3.63) is 65.7 Å². The van der Waals surface area contributed by atoms with Crippen LogP contribution in [-0.4, -0.2) is 27.5 Å². The van der Waals surface area contributed by atoms with Gasteiger partial charge in [-0.2, -0.15) is 0 Å². The van der Waals surface area contributed by atoms with Crippen LogP contribution in [0.4, 0.5) is 0 Å². The first-order valence-electron chi connectivity index (χ1n) is 6.52. The highest BCUT2D eigenvalue weighted by molar-refractivity contribution is 8.24. The van der Waals surface area contributed by atoms with Crippen LogP contribution in [-0.2, 0) is 9.53 Å². The molecule has 116 valence electrons. The maximum atomic E-state index is 12.0. The summed E-state index contributed by atoms with van der Waals surface area (Å²) >= 11 is 6.83. The van der Waals surface area contributed by atoms with E-state index in [-0.39, 0.29) is 13.4 Å². The standard InChI is InChI=1S/C16H16O2S2Si.CH4/c1-18-15(17)14(11-5-3-2-4-6-11)20-16(19)12-7-9-13(21)10-8-12;/h2-10,14H,1,21H3;1H4. The molecule has 0 spiro atoms. The molecule has 2 aromatic carbocycles. The smallest absolute Gasteiger partial charge is 0.323 e. The second-order valence-electron chi connectivity index (χ2n) is 4.59. The van der Waals surface area contributed by atoms with E-state index in [0.29, 0.717) is 4.20 Å². The van der Waals surface area contributed by atoms with Crippen molar-refractivity contribution in [2.75, 3.05) is 7.11 Å². The average Bonchev–Trinajstić information content (AvgIpc) is 2.53. The second kappa shape index (κ2) is 8.88. The minimum absolute atomic E-state index is 0. The molecular formula is C17H20O2S2Si. The zero-order valence-corrected chi connectivity index (χ0v) is 15.5. The van der Waals surface area contributed by atoms with Gasteiger partial charge in [0.2, 0.25) is 0 Å². The molecule has 0 bridgehead atoms. The Bertz CT molecular complexity index is 627. The van der Waals surface area contributed by atoms with E-state index in [0.717, 1.165) is 21.4 Å². The summed E-state index contributed by atoms with van der Waals surface area (Å²) in [6, 6.07) is 17.7. The van der Waals surface area contributed by atoms with E-state index in [1.807, 2.05) is 42.5 Å². The summed E-state index contributed by atoms with van der Waals surface area (Å²) in [6.45, 7) is 0. The Kier molecular flexibility index (Phi) is 7.51. The van der Waals surface area contributed by atoms with Gasteiger partial charge in [0.15, 0.2) is 0 Å². The topological polar surface area (TPSA) is 26.3 Å². The highest BCUT2D eigenvalue weighted by Gasteiger charge is 2.24. The molecule has 0 radical (unpaired) electrons. The highest BCUT2D eigenvalue weighted by atomic mass is 32.2. The third-order valence-corrected chi connectivity index (χ3v) is 5.37. The molecule has 2 aromatic rings. The number of carbonyl (C=O) groups is 1. The fourth-order valence-electron chi connectivity index (χ4n) is 1.85. The van der Waals surface area contributed by atoms with Crippen LogP contribution in [0.5, 0.6) is 0 Å². The summed E-state index contributed by atoms with van der Waals surface area (Å²) in [5, 5.41) is 0.888. The number of ether oxygens (including phenoxy) is 1. The van der Waals surface area contributed by atoms with Gasteiger partial charge in [-0.05, 0) is 11.1 Å². The van der Waals surface area contributed by atoms with Crippen molar-refractivity contribution in [2.45, 2.75) is 12.7 Å². The van der Waals surface area contributed by atoms with Crippen LogP contribution < -0.4 is 5.19 Å². The van der Waals surface area contributed by atoms with Crippen LogP contribution in [0.15, 0.2) is 54.6 Å². The summed E-state index contributed by atoms with van der Waals surface area (Å²) in [5.74, 6) is -0.284. The van der Waals surface area contributed by atoms with Crippen LogP contribution in [0.1, 0.15) is 23.8 Å². The van der Waals surface area contributed by atoms with E-state index >= 15 is 0 Å². The zero-order valence-electron chi connectivity index (χ0n) is 11.9. The number of methoxy groups -OCH3 is 1. The monoisotopic (exact) mass is 348 g/mol. The van der Waals surface area contributed by atoms with Crippen molar-refractivity contribution in [3.8, 4) is 0 Å². The minimum atomic E-state index is -0.431. The van der Waals surface area contributed by atoms with Crippen molar-refractivity contribution in [1.82, 2.24) is 0 Å². The molecular weight excluding hydrogens is 328 g/mol. The molecule has 22 heavy (non-hydrogen) atoms. The Hall–Kier alpha value is -1.43. The maximum absolute atomic E-state index is 12.0. The van der Waals surface area contributed by atoms with Gasteiger partial charge in [0.05, 0.1) is 11.3 Å². The van der Waals surface area contributed by atoms with Crippen LogP contribution in [0.2, 0.25) is 0 Å². The number of rotatable bonds is 4. The zero-order chi connectivity index (χ0) is 15.2. The Morgan fingerprint density at radius 2 is 1.73 bits per heavy atom. The largest absolute Gasteiger partial charge is 0.468 e. The quantitative estimate of drug-likeness (QED) is 0.482. The summed E-state index contributed by atoms with van der Waals surface area (Å²) in [4.78, 5) is 12.0. The molecule has 1 unspecified atom stereocenters. The van der Waals surface area contributed by atoms with Gasteiger partial charge in [0.25, 0.3) is 0 Å². The van der Waals surface area contributed by atoms with Gasteiger partial charge < -0.3 is 4.74 Å². The number of hydrogen-bond acceptors (Lipinski definition) is 4. The molecule has 0 heterocycles. The number of thioether (sulfide) groups is 1. The van der Waals surface area contributed by atoms with Gasteiger partial charge in [0.1, 0.15) is 5.25 Å². The first-order valence-corrected chi connectivity index (χ1v) is 8.81. The first-order chi connectivity index (χ1) is 10.1. The summed E-state index contributed by atoms with van der Waals surface area (Å²) in [6.07, 6.45) is 0. The number of esters is 1. The minimum Gasteiger partial charge on any atom is -0.468 e. The van der Waals surface area contributed by atoms with E-state index in [1.54, 1.807) is 0 Å². The van der Waals surface area contributed by atoms with E-state index in [4.69, 9.17) is 17.0 Å². The molecule has 0 aliphatic carbocycles. The lowest BCUT2D eigenvalue weighted by Crippen LogP contribution is -2.13. The van der Waals surface area contributed by atoms with Crippen molar-refractivity contribution >= 4 is 49.6 Å². The summed E-state index contributed by atoms with van der Waals surface area (Å²) in [7, 11) is 2.42. The molecule has 0 amide bonds. The fraction of sp³-hybridized carbons (Fsp3) is 0.176. The highest BCUT2D eigenvalue weighted by Crippen LogP contribution is 2.33. The Morgan fingerprint density at radius 3 is 2.27 bits per heavy atom. The molecule has 0 N–H and O–H groups in total. The van der Waals surface area contributed by atoms with E-state index in [1.165, 1.54) is 24.1 Å². The first kappa shape index (κ1) is 18.6. The molecule has 1 atom stereocenters. The average molecular weight is 349 g/mol. The Balaban J connectivity index is 0.00000242. The van der Waals surface area contributed by atoms with E-state index in [9.17, 15) is 4.79 Å². The second-order valence-corrected chi connectivity index (χ2v) is 7.52. The van der Waals surface area contributed by atoms with Crippen LogP contribution in [0, 0.1) is 0 Å². The summed E-state index contributed by atoms with van der Waals surface area (Å²) in [5.41, 5.74) is 1.87. The van der Waals surface area contributed by atoms with E-state index in [2.05, 4.69) is 12.1 Å². The van der Waals surface area contributed by atoms with Gasteiger partial charge in [-0.15, -0.1) is 0 Å². The molecule has 5 heteroatoms. The lowest BCUT2D eigenvalue weighted by molar-refractivity contribution is -0.140. The number of carbonyl (C=O) groups excluding carboxylic acids is 1. The van der Waals surface area contributed by atoms with Crippen LogP contribution in [0.3, 0.4) is 0 Å². The fourth-order valence-corrected chi connectivity index (χ4v) is 3.58. The van der Waals surface area contributed by atoms with Gasteiger partial charge in [-0.3, -0.25) is 4.79 Å². The lowest BCUT2D eigenvalue weighted by Gasteiger charge is -2.15. The molecule has 0 aliphatic rings. The third-order valence-electron chi connectivity index (χ3n) is 3.03. The lowest BCUT2D eigenvalue weighted by atomic mass is 10.1. The Morgan fingerprint density at radius 1 is 1.14 bits per heavy atom. The predicted molar refractivity (Wildman–Crippen MR) is 103 cm³/mol. The van der Waals surface area contributed by atoms with E-state index < -0.39 is 5.25 Å². The SMILES string of the molecule is C.COC(=O)C(SC(=S)c1ccc([SiH3])cc1)c1ccccc1. The molecule has 0 saturated heterocycles. The molecule has 0 saturated carbocycles. The maximum Gasteiger partial charge on any atom is 0.323 e. The van der Waals surface area contributed by atoms with Gasteiger partial charge in [-0.1, -0.05) is 91.2 Å². The number of thiocarbonyl (C=S) groups is 1. The predicted octanol–water partition coefficient (Wildman–Crippen LogP) is 2.64. The van der Waals surface area contributed by atoms with Crippen molar-refractivity contribution in [1.29, 1.82) is 0 Å². The Labute approximate surface area is 144 Å². The molecule has 0 aliphatic heterocycles. The van der Waals surface area contributed by atoms with Crippen LogP contribution in [0.25, 0.3) is 0 Å².